The minimum Gasteiger partial charge on any atom is -0.368 e. The molecule has 11 heteroatoms. The third-order valence-electron chi connectivity index (χ3n) is 6.32. The van der Waals surface area contributed by atoms with Gasteiger partial charge in [-0.25, -0.2) is 13.4 Å². The highest BCUT2D eigenvalue weighted by molar-refractivity contribution is 7.91. The van der Waals surface area contributed by atoms with Crippen molar-refractivity contribution in [3.05, 3.63) is 82.8 Å². The molecular formula is C25H20Cl2N6O2S. The molecule has 0 amide bonds. The standard InChI is InChI=1S/C25H20Cl2N6O2S/c26-17-5-4-6-19(15-17)31-11-13-32(14-12-31)23-21-16-18(27)9-10-22(21)33-24(28-23)25(29-30-33)36(34,35)20-7-2-1-3-8-20/h1-10,15-16H,11-14H2. The van der Waals surface area contributed by atoms with Gasteiger partial charge in [-0.2, -0.15) is 4.52 Å². The van der Waals surface area contributed by atoms with E-state index in [0.29, 0.717) is 34.5 Å². The number of rotatable bonds is 4. The van der Waals surface area contributed by atoms with Crippen LogP contribution < -0.4 is 9.80 Å². The fourth-order valence-corrected chi connectivity index (χ4v) is 6.14. The number of aromatic nitrogens is 4. The summed E-state index contributed by atoms with van der Waals surface area (Å²) in [5.74, 6) is 0.651. The minimum absolute atomic E-state index is 0.141. The van der Waals surface area contributed by atoms with Crippen LogP contribution in [0.25, 0.3) is 16.6 Å². The van der Waals surface area contributed by atoms with Gasteiger partial charge in [-0.05, 0) is 48.5 Å². The van der Waals surface area contributed by atoms with Gasteiger partial charge >= 0.3 is 0 Å². The predicted molar refractivity (Wildman–Crippen MR) is 141 cm³/mol. The average molecular weight is 539 g/mol. The van der Waals surface area contributed by atoms with Gasteiger partial charge in [0.05, 0.1) is 10.4 Å². The Bertz CT molecular complexity index is 1700. The van der Waals surface area contributed by atoms with Crippen molar-refractivity contribution in [3.63, 3.8) is 0 Å². The summed E-state index contributed by atoms with van der Waals surface area (Å²) in [6.45, 7) is 2.86. The lowest BCUT2D eigenvalue weighted by Crippen LogP contribution is -2.47. The first kappa shape index (κ1) is 23.0. The van der Waals surface area contributed by atoms with Crippen LogP contribution in [0, 0.1) is 0 Å². The van der Waals surface area contributed by atoms with Crippen molar-refractivity contribution in [3.8, 4) is 0 Å². The maximum Gasteiger partial charge on any atom is 0.229 e. The zero-order chi connectivity index (χ0) is 24.9. The molecule has 8 nitrogen and oxygen atoms in total. The van der Waals surface area contributed by atoms with Crippen LogP contribution in [0.1, 0.15) is 0 Å². The highest BCUT2D eigenvalue weighted by atomic mass is 35.5. The zero-order valence-corrected chi connectivity index (χ0v) is 21.2. The number of fused-ring (bicyclic) bond motifs is 3. The van der Waals surface area contributed by atoms with E-state index in [0.717, 1.165) is 24.2 Å². The molecule has 1 aliphatic heterocycles. The van der Waals surface area contributed by atoms with Gasteiger partial charge in [-0.3, -0.25) is 0 Å². The third-order valence-corrected chi connectivity index (χ3v) is 8.45. The summed E-state index contributed by atoms with van der Waals surface area (Å²) in [7, 11) is -3.92. The summed E-state index contributed by atoms with van der Waals surface area (Å²) in [6.07, 6.45) is 0. The van der Waals surface area contributed by atoms with Gasteiger partial charge in [-0.15, -0.1) is 5.10 Å². The van der Waals surface area contributed by atoms with E-state index in [4.69, 9.17) is 28.2 Å². The van der Waals surface area contributed by atoms with Crippen LogP contribution in [0.2, 0.25) is 10.0 Å². The summed E-state index contributed by atoms with van der Waals surface area (Å²) in [5, 5.41) is 10.1. The Kier molecular flexibility index (Phi) is 5.70. The van der Waals surface area contributed by atoms with Crippen LogP contribution >= 0.6 is 23.2 Å². The highest BCUT2D eigenvalue weighted by Gasteiger charge is 2.29. The van der Waals surface area contributed by atoms with Crippen molar-refractivity contribution >= 4 is 61.1 Å². The third kappa shape index (κ3) is 3.93. The maximum absolute atomic E-state index is 13.4. The number of halogens is 2. The smallest absolute Gasteiger partial charge is 0.229 e. The molecule has 0 aliphatic carbocycles. The molecule has 1 aliphatic rings. The normalized spacial score (nSPS) is 14.6. The van der Waals surface area contributed by atoms with Gasteiger partial charge in [0.15, 0.2) is 5.65 Å². The van der Waals surface area contributed by atoms with Crippen LogP contribution in [-0.2, 0) is 9.84 Å². The molecule has 0 atom stereocenters. The van der Waals surface area contributed by atoms with Crippen LogP contribution in [0.3, 0.4) is 0 Å². The number of hydrogen-bond acceptors (Lipinski definition) is 7. The molecule has 5 aromatic rings. The second-order valence-corrected chi connectivity index (χ2v) is 11.2. The number of hydrogen-bond donors (Lipinski definition) is 0. The van der Waals surface area contributed by atoms with Crippen LogP contribution in [-0.4, -0.2) is 54.4 Å². The van der Waals surface area contributed by atoms with Crippen molar-refractivity contribution in [1.29, 1.82) is 0 Å². The lowest BCUT2D eigenvalue weighted by Gasteiger charge is -2.37. The van der Waals surface area contributed by atoms with E-state index < -0.39 is 9.84 Å². The summed E-state index contributed by atoms with van der Waals surface area (Å²) in [6, 6.07) is 21.4. The summed E-state index contributed by atoms with van der Waals surface area (Å²) < 4.78 is 28.3. The van der Waals surface area contributed by atoms with E-state index in [9.17, 15) is 8.42 Å². The topological polar surface area (TPSA) is 83.7 Å². The zero-order valence-electron chi connectivity index (χ0n) is 18.9. The van der Waals surface area contributed by atoms with E-state index in [-0.39, 0.29) is 15.6 Å². The van der Waals surface area contributed by atoms with E-state index >= 15 is 0 Å². The Labute approximate surface area is 217 Å². The average Bonchev–Trinajstić information content (AvgIpc) is 3.34. The van der Waals surface area contributed by atoms with Gasteiger partial charge in [0.1, 0.15) is 5.82 Å². The number of sulfone groups is 1. The number of anilines is 2. The van der Waals surface area contributed by atoms with E-state index in [1.165, 1.54) is 16.6 Å². The molecule has 0 unspecified atom stereocenters. The molecule has 0 spiro atoms. The molecule has 3 aromatic carbocycles. The van der Waals surface area contributed by atoms with Crippen molar-refractivity contribution in [1.82, 2.24) is 19.8 Å². The lowest BCUT2D eigenvalue weighted by molar-refractivity contribution is 0.592. The summed E-state index contributed by atoms with van der Waals surface area (Å²) in [4.78, 5) is 9.37. The largest absolute Gasteiger partial charge is 0.368 e. The molecule has 0 N–H and O–H groups in total. The Morgan fingerprint density at radius 1 is 0.778 bits per heavy atom. The molecule has 1 saturated heterocycles. The SMILES string of the molecule is O=S(=O)(c1ccccc1)c1nnn2c1nc(N1CCN(c3cccc(Cl)c3)CC1)c1cc(Cl)ccc12. The second kappa shape index (κ2) is 8.92. The van der Waals surface area contributed by atoms with Gasteiger partial charge < -0.3 is 9.80 Å². The Balaban J connectivity index is 1.45. The van der Waals surface area contributed by atoms with Gasteiger partial charge in [0, 0.05) is 47.3 Å². The fraction of sp³-hybridized carbons (Fsp3) is 0.160. The number of benzene rings is 3. The van der Waals surface area contributed by atoms with Crippen molar-refractivity contribution in [2.75, 3.05) is 36.0 Å². The molecule has 0 bridgehead atoms. The quantitative estimate of drug-likeness (QED) is 0.326. The molecule has 36 heavy (non-hydrogen) atoms. The molecule has 6 rings (SSSR count). The first-order valence-electron chi connectivity index (χ1n) is 11.3. The predicted octanol–water partition coefficient (Wildman–Crippen LogP) is 4.74. The van der Waals surface area contributed by atoms with Gasteiger partial charge in [-0.1, -0.05) is 52.7 Å². The first-order valence-corrected chi connectivity index (χ1v) is 13.6. The molecule has 3 heterocycles. The van der Waals surface area contributed by atoms with E-state index in [2.05, 4.69) is 20.1 Å². The summed E-state index contributed by atoms with van der Waals surface area (Å²) in [5.41, 5.74) is 1.93. The van der Waals surface area contributed by atoms with Gasteiger partial charge in [0.25, 0.3) is 0 Å². The molecular weight excluding hydrogens is 519 g/mol. The fourth-order valence-electron chi connectivity index (χ4n) is 4.53. The Morgan fingerprint density at radius 3 is 2.25 bits per heavy atom. The Morgan fingerprint density at radius 2 is 1.50 bits per heavy atom. The van der Waals surface area contributed by atoms with Crippen molar-refractivity contribution < 1.29 is 8.42 Å². The molecule has 2 aromatic heterocycles. The van der Waals surface area contributed by atoms with Crippen molar-refractivity contribution in [2.24, 2.45) is 0 Å². The first-order chi connectivity index (χ1) is 17.4. The minimum atomic E-state index is -3.92. The Hall–Kier alpha value is -3.40. The highest BCUT2D eigenvalue weighted by Crippen LogP contribution is 2.32. The number of piperazine rings is 1. The van der Waals surface area contributed by atoms with Crippen molar-refractivity contribution in [2.45, 2.75) is 9.92 Å². The molecule has 1 fully saturated rings. The number of nitrogens with zero attached hydrogens (tertiary/aromatic N) is 6. The molecule has 0 radical (unpaired) electrons. The lowest BCUT2D eigenvalue weighted by atomic mass is 10.2. The second-order valence-electron chi connectivity index (χ2n) is 8.50. The maximum atomic E-state index is 13.4. The van der Waals surface area contributed by atoms with Crippen LogP contribution in [0.5, 0.6) is 0 Å². The molecule has 0 saturated carbocycles. The van der Waals surface area contributed by atoms with Crippen LogP contribution in [0.4, 0.5) is 11.5 Å². The van der Waals surface area contributed by atoms with E-state index in [1.54, 1.807) is 24.3 Å². The monoisotopic (exact) mass is 538 g/mol. The van der Waals surface area contributed by atoms with E-state index in [1.807, 2.05) is 36.4 Å². The van der Waals surface area contributed by atoms with Gasteiger partial charge in [0.2, 0.25) is 14.9 Å². The summed E-state index contributed by atoms with van der Waals surface area (Å²) >= 11 is 12.5. The van der Waals surface area contributed by atoms with Crippen LogP contribution in [0.15, 0.2) is 82.7 Å². The molecule has 182 valence electrons.